The zero-order valence-corrected chi connectivity index (χ0v) is 24.0. The number of aryl methyl sites for hydroxylation is 1. The number of benzene rings is 2. The summed E-state index contributed by atoms with van der Waals surface area (Å²) in [6, 6.07) is 7.79. The van der Waals surface area contributed by atoms with Crippen molar-refractivity contribution in [1.82, 2.24) is 5.32 Å². The molecule has 216 valence electrons. The quantitative estimate of drug-likeness (QED) is 0.251. The fourth-order valence-electron chi connectivity index (χ4n) is 4.50. The lowest BCUT2D eigenvalue weighted by Gasteiger charge is -2.26. The maximum atomic E-state index is 13.3. The van der Waals surface area contributed by atoms with Crippen LogP contribution in [0.25, 0.3) is 0 Å². The van der Waals surface area contributed by atoms with Gasteiger partial charge in [-0.15, -0.1) is 0 Å². The van der Waals surface area contributed by atoms with Crippen LogP contribution in [-0.2, 0) is 38.3 Å². The maximum Gasteiger partial charge on any atom is 0.342 e. The highest BCUT2D eigenvalue weighted by Gasteiger charge is 2.34. The number of rotatable bonds is 11. The molecule has 0 spiro atoms. The number of phenols is 1. The molecule has 1 aliphatic heterocycles. The summed E-state index contributed by atoms with van der Waals surface area (Å²) in [6.07, 6.45) is 3.28. The number of ether oxygens (including phenoxy) is 2. The zero-order valence-electron chi connectivity index (χ0n) is 23.2. The van der Waals surface area contributed by atoms with Gasteiger partial charge in [0.1, 0.15) is 29.1 Å². The van der Waals surface area contributed by atoms with Gasteiger partial charge in [0.25, 0.3) is 5.91 Å². The summed E-state index contributed by atoms with van der Waals surface area (Å²) >= 11 is 6.38. The topological polar surface area (TPSA) is 139 Å². The number of unbranched alkanes of at least 4 members (excludes halogenated alkanes) is 2. The Bertz CT molecular complexity index is 1270. The van der Waals surface area contributed by atoms with E-state index in [0.29, 0.717) is 18.4 Å². The van der Waals surface area contributed by atoms with Gasteiger partial charge in [-0.05, 0) is 69.7 Å². The maximum absolute atomic E-state index is 13.3. The van der Waals surface area contributed by atoms with Crippen molar-refractivity contribution in [3.63, 3.8) is 0 Å². The molecular weight excluding hydrogens is 538 g/mol. The van der Waals surface area contributed by atoms with Gasteiger partial charge >= 0.3 is 17.9 Å². The molecule has 2 aromatic carbocycles. The van der Waals surface area contributed by atoms with Crippen molar-refractivity contribution in [1.29, 1.82) is 0 Å². The summed E-state index contributed by atoms with van der Waals surface area (Å²) in [5.74, 6) is -3.56. The molecule has 1 amide bonds. The van der Waals surface area contributed by atoms with Crippen molar-refractivity contribution in [2.75, 3.05) is 0 Å². The van der Waals surface area contributed by atoms with E-state index in [2.05, 4.69) is 5.32 Å². The van der Waals surface area contributed by atoms with Gasteiger partial charge in [0, 0.05) is 24.3 Å². The summed E-state index contributed by atoms with van der Waals surface area (Å²) in [5.41, 5.74) is 1.06. The van der Waals surface area contributed by atoms with Crippen LogP contribution in [0.15, 0.2) is 30.3 Å². The molecular formula is C30H36ClNO8. The monoisotopic (exact) mass is 573 g/mol. The summed E-state index contributed by atoms with van der Waals surface area (Å²) in [6.45, 7) is 6.86. The number of aliphatic carboxylic acids is 1. The molecule has 2 aromatic rings. The van der Waals surface area contributed by atoms with Crippen LogP contribution in [0.4, 0.5) is 0 Å². The van der Waals surface area contributed by atoms with Gasteiger partial charge < -0.3 is 25.0 Å². The molecule has 1 aliphatic rings. The second kappa shape index (κ2) is 13.2. The number of carboxylic acids is 1. The number of aromatic hydroxyl groups is 1. The number of esters is 2. The fourth-order valence-corrected chi connectivity index (χ4v) is 4.79. The van der Waals surface area contributed by atoms with Crippen LogP contribution in [-0.4, -0.2) is 51.8 Å². The Hall–Kier alpha value is -3.59. The number of carboxylic acid groups (broad SMARTS) is 1. The molecule has 10 heteroatoms. The average Bonchev–Trinajstić information content (AvgIpc) is 2.84. The Morgan fingerprint density at radius 1 is 1.12 bits per heavy atom. The Labute approximate surface area is 238 Å². The molecule has 2 atom stereocenters. The molecule has 1 heterocycles. The molecule has 0 saturated heterocycles. The number of phenolic OH excluding ortho intramolecular Hbond substituents is 1. The summed E-state index contributed by atoms with van der Waals surface area (Å²) in [5, 5.41) is 22.3. The lowest BCUT2D eigenvalue weighted by molar-refractivity contribution is -0.157. The minimum absolute atomic E-state index is 0.124. The molecule has 40 heavy (non-hydrogen) atoms. The Balaban J connectivity index is 1.77. The van der Waals surface area contributed by atoms with Crippen LogP contribution in [0.1, 0.15) is 90.8 Å². The van der Waals surface area contributed by atoms with Crippen LogP contribution in [0.2, 0.25) is 5.02 Å². The molecule has 0 saturated carbocycles. The second-order valence-corrected chi connectivity index (χ2v) is 11.5. The van der Waals surface area contributed by atoms with Crippen molar-refractivity contribution in [2.24, 2.45) is 0 Å². The van der Waals surface area contributed by atoms with E-state index >= 15 is 0 Å². The Kier molecular flexibility index (Phi) is 10.2. The van der Waals surface area contributed by atoms with Crippen LogP contribution in [0, 0.1) is 0 Å². The molecule has 0 radical (unpaired) electrons. The second-order valence-electron chi connectivity index (χ2n) is 11.1. The van der Waals surface area contributed by atoms with Crippen molar-refractivity contribution < 1.29 is 38.9 Å². The summed E-state index contributed by atoms with van der Waals surface area (Å²) < 4.78 is 10.7. The van der Waals surface area contributed by atoms with E-state index in [9.17, 15) is 24.3 Å². The molecule has 2 unspecified atom stereocenters. The minimum Gasteiger partial charge on any atom is -0.506 e. The number of amides is 1. The minimum atomic E-state index is -1.09. The average molecular weight is 574 g/mol. The first-order chi connectivity index (χ1) is 18.7. The third kappa shape index (κ3) is 8.45. The van der Waals surface area contributed by atoms with E-state index < -0.39 is 47.3 Å². The number of nitrogens with one attached hydrogen (secondary N) is 1. The van der Waals surface area contributed by atoms with E-state index in [4.69, 9.17) is 26.2 Å². The van der Waals surface area contributed by atoms with E-state index in [-0.39, 0.29) is 29.0 Å². The predicted molar refractivity (Wildman–Crippen MR) is 149 cm³/mol. The molecule has 3 N–H and O–H groups in total. The number of hydrogen-bond donors (Lipinski definition) is 3. The van der Waals surface area contributed by atoms with E-state index in [1.165, 1.54) is 6.07 Å². The normalized spacial score (nSPS) is 15.5. The number of carbonyl (C=O) groups excluding carboxylic acids is 3. The highest BCUT2D eigenvalue weighted by molar-refractivity contribution is 6.32. The van der Waals surface area contributed by atoms with E-state index in [1.54, 1.807) is 27.7 Å². The van der Waals surface area contributed by atoms with E-state index in [0.717, 1.165) is 30.4 Å². The van der Waals surface area contributed by atoms with Gasteiger partial charge in [0.2, 0.25) is 0 Å². The number of cyclic esters (lactones) is 1. The lowest BCUT2D eigenvalue weighted by Crippen LogP contribution is -2.45. The number of fused-ring (bicyclic) bond motifs is 1. The predicted octanol–water partition coefficient (Wildman–Crippen LogP) is 5.02. The van der Waals surface area contributed by atoms with Crippen LogP contribution < -0.4 is 5.32 Å². The van der Waals surface area contributed by atoms with Crippen molar-refractivity contribution in [2.45, 2.75) is 90.4 Å². The van der Waals surface area contributed by atoms with Gasteiger partial charge in [0.05, 0.1) is 5.56 Å². The van der Waals surface area contributed by atoms with Crippen LogP contribution in [0.3, 0.4) is 0 Å². The Morgan fingerprint density at radius 3 is 2.40 bits per heavy atom. The third-order valence-electron chi connectivity index (χ3n) is 6.42. The SMILES string of the molecule is CC1Cc2c(Cl)cc(C(=O)NC(Cc3ccc(CCCCCC(=O)O)cc3)C(=O)OC(C)(C)C)c(O)c2C(=O)O1. The lowest BCUT2D eigenvalue weighted by atomic mass is 9.95. The number of halogens is 1. The standard InChI is InChI=1S/C30H36ClNO8/c1-17-14-20-22(31)16-21(26(35)25(20)29(38)39-17)27(36)32-23(28(37)40-30(2,3)4)15-19-12-10-18(11-13-19)8-6-5-7-9-24(33)34/h10-13,16-17,23,35H,5-9,14-15H2,1-4H3,(H,32,36)(H,33,34). The zero-order chi connectivity index (χ0) is 29.6. The first kappa shape index (κ1) is 30.9. The highest BCUT2D eigenvalue weighted by Crippen LogP contribution is 2.36. The van der Waals surface area contributed by atoms with Gasteiger partial charge in [-0.3, -0.25) is 9.59 Å². The van der Waals surface area contributed by atoms with Gasteiger partial charge in [-0.25, -0.2) is 9.59 Å². The molecule has 9 nitrogen and oxygen atoms in total. The van der Waals surface area contributed by atoms with E-state index in [1.807, 2.05) is 24.3 Å². The van der Waals surface area contributed by atoms with Crippen LogP contribution in [0.5, 0.6) is 5.75 Å². The van der Waals surface area contributed by atoms with Gasteiger partial charge in [0.15, 0.2) is 0 Å². The largest absolute Gasteiger partial charge is 0.506 e. The highest BCUT2D eigenvalue weighted by atomic mass is 35.5. The van der Waals surface area contributed by atoms with Crippen molar-refractivity contribution in [3.05, 3.63) is 63.2 Å². The van der Waals surface area contributed by atoms with Crippen molar-refractivity contribution in [3.8, 4) is 5.75 Å². The molecule has 0 fully saturated rings. The number of hydrogen-bond acceptors (Lipinski definition) is 7. The number of carbonyl (C=O) groups is 4. The summed E-state index contributed by atoms with van der Waals surface area (Å²) in [7, 11) is 0. The third-order valence-corrected chi connectivity index (χ3v) is 6.75. The molecule has 3 rings (SSSR count). The first-order valence-electron chi connectivity index (χ1n) is 13.3. The first-order valence-corrected chi connectivity index (χ1v) is 13.7. The molecule has 0 aromatic heterocycles. The molecule has 0 bridgehead atoms. The summed E-state index contributed by atoms with van der Waals surface area (Å²) in [4.78, 5) is 49.5. The van der Waals surface area contributed by atoms with Crippen molar-refractivity contribution >= 4 is 35.4 Å². The molecule has 0 aliphatic carbocycles. The van der Waals surface area contributed by atoms with Gasteiger partial charge in [-0.2, -0.15) is 0 Å². The Morgan fingerprint density at radius 2 is 1.77 bits per heavy atom. The van der Waals surface area contributed by atoms with Crippen LogP contribution >= 0.6 is 11.6 Å². The smallest absolute Gasteiger partial charge is 0.342 e. The fraction of sp³-hybridized carbons (Fsp3) is 0.467. The van der Waals surface area contributed by atoms with Gasteiger partial charge in [-0.1, -0.05) is 42.3 Å².